The van der Waals surface area contributed by atoms with Crippen LogP contribution in [0.5, 0.6) is 5.75 Å². The first kappa shape index (κ1) is 14.7. The standard InChI is InChI=1S/C10H13FN2O2.ClH/c1-14-5-6-15-8-4-2-3-7(11)9(8)10(12)13;/h2-4H,5-6H2,1H3,(H3,12,13);1H. The Morgan fingerprint density at radius 1 is 1.44 bits per heavy atom. The number of nitrogens with two attached hydrogens (primary N) is 1. The third-order valence-electron chi connectivity index (χ3n) is 1.79. The number of methoxy groups -OCH3 is 1. The van der Waals surface area contributed by atoms with Gasteiger partial charge in [0, 0.05) is 7.11 Å². The van der Waals surface area contributed by atoms with Crippen LogP contribution in [-0.4, -0.2) is 26.2 Å². The van der Waals surface area contributed by atoms with Crippen LogP contribution in [0, 0.1) is 11.2 Å². The van der Waals surface area contributed by atoms with E-state index in [0.717, 1.165) is 0 Å². The summed E-state index contributed by atoms with van der Waals surface area (Å²) in [6.45, 7) is 0.689. The first-order valence-corrected chi connectivity index (χ1v) is 4.41. The van der Waals surface area contributed by atoms with Crippen molar-refractivity contribution in [1.29, 1.82) is 5.41 Å². The molecule has 0 saturated carbocycles. The Balaban J connectivity index is 0.00000225. The molecule has 0 bridgehead atoms. The van der Waals surface area contributed by atoms with Gasteiger partial charge in [0.1, 0.15) is 24.0 Å². The molecule has 0 radical (unpaired) electrons. The Morgan fingerprint density at radius 2 is 2.12 bits per heavy atom. The van der Waals surface area contributed by atoms with Crippen molar-refractivity contribution in [3.05, 3.63) is 29.6 Å². The van der Waals surface area contributed by atoms with Gasteiger partial charge in [-0.1, -0.05) is 6.07 Å². The largest absolute Gasteiger partial charge is 0.490 e. The van der Waals surface area contributed by atoms with Crippen molar-refractivity contribution in [1.82, 2.24) is 0 Å². The number of nitrogens with one attached hydrogen (secondary N) is 1. The second kappa shape index (κ2) is 7.03. The highest BCUT2D eigenvalue weighted by Crippen LogP contribution is 2.20. The van der Waals surface area contributed by atoms with Gasteiger partial charge in [0.05, 0.1) is 12.2 Å². The van der Waals surface area contributed by atoms with Gasteiger partial charge in [0.15, 0.2) is 0 Å². The van der Waals surface area contributed by atoms with Crippen molar-refractivity contribution in [3.8, 4) is 5.75 Å². The predicted molar refractivity (Wildman–Crippen MR) is 62.0 cm³/mol. The monoisotopic (exact) mass is 248 g/mol. The number of nitrogen functional groups attached to an aromatic ring is 1. The second-order valence-electron chi connectivity index (χ2n) is 2.87. The van der Waals surface area contributed by atoms with Crippen LogP contribution in [0.4, 0.5) is 4.39 Å². The summed E-state index contributed by atoms with van der Waals surface area (Å²) in [4.78, 5) is 0. The van der Waals surface area contributed by atoms with E-state index in [0.29, 0.717) is 13.2 Å². The van der Waals surface area contributed by atoms with E-state index in [1.165, 1.54) is 12.1 Å². The van der Waals surface area contributed by atoms with Crippen molar-refractivity contribution in [2.75, 3.05) is 20.3 Å². The number of hydrogen-bond acceptors (Lipinski definition) is 3. The average molecular weight is 249 g/mol. The van der Waals surface area contributed by atoms with Crippen LogP contribution in [-0.2, 0) is 4.74 Å². The quantitative estimate of drug-likeness (QED) is 0.472. The van der Waals surface area contributed by atoms with Crippen LogP contribution in [0.3, 0.4) is 0 Å². The van der Waals surface area contributed by atoms with E-state index in [4.69, 9.17) is 20.6 Å². The minimum absolute atomic E-state index is 0. The summed E-state index contributed by atoms with van der Waals surface area (Å²) < 4.78 is 23.3. The zero-order valence-corrected chi connectivity index (χ0v) is 9.64. The topological polar surface area (TPSA) is 68.3 Å². The summed E-state index contributed by atoms with van der Waals surface area (Å²) in [7, 11) is 1.54. The van der Waals surface area contributed by atoms with E-state index in [1.54, 1.807) is 13.2 Å². The van der Waals surface area contributed by atoms with Gasteiger partial charge in [-0.3, -0.25) is 5.41 Å². The Bertz CT molecular complexity index is 361. The number of rotatable bonds is 5. The molecule has 0 fully saturated rings. The fourth-order valence-corrected chi connectivity index (χ4v) is 1.12. The van der Waals surface area contributed by atoms with E-state index in [-0.39, 0.29) is 29.6 Å². The van der Waals surface area contributed by atoms with Crippen molar-refractivity contribution in [2.45, 2.75) is 0 Å². The second-order valence-corrected chi connectivity index (χ2v) is 2.87. The molecule has 0 aliphatic heterocycles. The molecule has 0 atom stereocenters. The lowest BCUT2D eigenvalue weighted by Crippen LogP contribution is -2.16. The summed E-state index contributed by atoms with van der Waals surface area (Å²) in [5.74, 6) is -0.641. The maximum Gasteiger partial charge on any atom is 0.137 e. The first-order valence-electron chi connectivity index (χ1n) is 4.41. The third kappa shape index (κ3) is 3.67. The zero-order valence-electron chi connectivity index (χ0n) is 8.83. The lowest BCUT2D eigenvalue weighted by molar-refractivity contribution is 0.146. The fraction of sp³-hybridized carbons (Fsp3) is 0.300. The van der Waals surface area contributed by atoms with Gasteiger partial charge in [0.2, 0.25) is 0 Å². The van der Waals surface area contributed by atoms with Crippen molar-refractivity contribution in [2.24, 2.45) is 5.73 Å². The molecule has 4 nitrogen and oxygen atoms in total. The van der Waals surface area contributed by atoms with Gasteiger partial charge in [-0.05, 0) is 12.1 Å². The molecule has 1 aromatic rings. The molecular formula is C10H14ClFN2O2. The van der Waals surface area contributed by atoms with E-state index >= 15 is 0 Å². The molecule has 1 aromatic carbocycles. The Kier molecular flexibility index (Phi) is 6.44. The normalized spacial score (nSPS) is 9.38. The number of amidine groups is 1. The van der Waals surface area contributed by atoms with Crippen molar-refractivity contribution < 1.29 is 13.9 Å². The Hall–Kier alpha value is -1.33. The van der Waals surface area contributed by atoms with Gasteiger partial charge in [-0.25, -0.2) is 4.39 Å². The highest BCUT2D eigenvalue weighted by atomic mass is 35.5. The summed E-state index contributed by atoms with van der Waals surface area (Å²) in [6, 6.07) is 4.30. The molecule has 16 heavy (non-hydrogen) atoms. The fourth-order valence-electron chi connectivity index (χ4n) is 1.12. The molecule has 90 valence electrons. The van der Waals surface area contributed by atoms with Crippen LogP contribution >= 0.6 is 12.4 Å². The van der Waals surface area contributed by atoms with E-state index in [1.807, 2.05) is 0 Å². The lowest BCUT2D eigenvalue weighted by atomic mass is 10.1. The summed E-state index contributed by atoms with van der Waals surface area (Å²) in [5, 5.41) is 7.22. The highest BCUT2D eigenvalue weighted by Gasteiger charge is 2.11. The molecule has 0 aliphatic carbocycles. The SMILES string of the molecule is COCCOc1cccc(F)c1C(=N)N.Cl. The van der Waals surface area contributed by atoms with E-state index < -0.39 is 5.82 Å². The smallest absolute Gasteiger partial charge is 0.137 e. The average Bonchev–Trinajstić information content (AvgIpc) is 2.17. The van der Waals surface area contributed by atoms with E-state index in [9.17, 15) is 4.39 Å². The van der Waals surface area contributed by atoms with Crippen molar-refractivity contribution >= 4 is 18.2 Å². The van der Waals surface area contributed by atoms with Gasteiger partial charge >= 0.3 is 0 Å². The summed E-state index contributed by atoms with van der Waals surface area (Å²) in [6.07, 6.45) is 0. The molecule has 0 amide bonds. The molecular weight excluding hydrogens is 235 g/mol. The molecule has 0 saturated heterocycles. The first-order chi connectivity index (χ1) is 7.16. The minimum Gasteiger partial charge on any atom is -0.490 e. The Morgan fingerprint density at radius 3 is 2.69 bits per heavy atom. The van der Waals surface area contributed by atoms with Gasteiger partial charge in [0.25, 0.3) is 0 Å². The zero-order chi connectivity index (χ0) is 11.3. The number of benzene rings is 1. The summed E-state index contributed by atoms with van der Waals surface area (Å²) in [5.41, 5.74) is 5.25. The van der Waals surface area contributed by atoms with Crippen molar-refractivity contribution in [3.63, 3.8) is 0 Å². The summed E-state index contributed by atoms with van der Waals surface area (Å²) >= 11 is 0. The van der Waals surface area contributed by atoms with Gasteiger partial charge < -0.3 is 15.2 Å². The van der Waals surface area contributed by atoms with Crippen LogP contribution in [0.1, 0.15) is 5.56 Å². The molecule has 0 aliphatic rings. The van der Waals surface area contributed by atoms with Crippen LogP contribution in [0.2, 0.25) is 0 Å². The maximum atomic E-state index is 13.3. The molecule has 0 unspecified atom stereocenters. The van der Waals surface area contributed by atoms with Crippen LogP contribution in [0.15, 0.2) is 18.2 Å². The Labute approximate surface area is 99.5 Å². The molecule has 6 heteroatoms. The third-order valence-corrected chi connectivity index (χ3v) is 1.79. The number of halogens is 2. The van der Waals surface area contributed by atoms with Gasteiger partial charge in [-0.2, -0.15) is 0 Å². The van der Waals surface area contributed by atoms with Crippen LogP contribution in [0.25, 0.3) is 0 Å². The molecule has 1 rings (SSSR count). The lowest BCUT2D eigenvalue weighted by Gasteiger charge is -2.10. The van der Waals surface area contributed by atoms with E-state index in [2.05, 4.69) is 0 Å². The molecule has 0 spiro atoms. The minimum atomic E-state index is -0.558. The van der Waals surface area contributed by atoms with Gasteiger partial charge in [-0.15, -0.1) is 12.4 Å². The predicted octanol–water partition coefficient (Wildman–Crippen LogP) is 1.56. The highest BCUT2D eigenvalue weighted by molar-refractivity contribution is 5.97. The molecule has 0 heterocycles. The molecule has 0 aromatic heterocycles. The maximum absolute atomic E-state index is 13.3. The number of ether oxygens (including phenoxy) is 2. The molecule has 3 N–H and O–H groups in total. The van der Waals surface area contributed by atoms with Crippen LogP contribution < -0.4 is 10.5 Å². The number of hydrogen-bond donors (Lipinski definition) is 2.